The molecule has 0 spiro atoms. The van der Waals surface area contributed by atoms with Crippen molar-refractivity contribution in [1.29, 1.82) is 0 Å². The van der Waals surface area contributed by atoms with Gasteiger partial charge in [0.1, 0.15) is 11.2 Å². The summed E-state index contributed by atoms with van der Waals surface area (Å²) in [5.41, 5.74) is 11.4. The van der Waals surface area contributed by atoms with E-state index < -0.39 is 0 Å². The number of para-hydroxylation sites is 1. The Kier molecular flexibility index (Phi) is 6.62. The van der Waals surface area contributed by atoms with Crippen LogP contribution in [0.25, 0.3) is 110 Å². The number of furan rings is 1. The highest BCUT2D eigenvalue weighted by molar-refractivity contribution is 6.27. The van der Waals surface area contributed by atoms with Gasteiger partial charge in [0.05, 0.1) is 0 Å². The third-order valence-electron chi connectivity index (χ3n) is 11.1. The first-order valence-corrected chi connectivity index (χ1v) is 18.3. The quantitative estimate of drug-likeness (QED) is 0.134. The molecule has 0 fully saturated rings. The van der Waals surface area contributed by atoms with Gasteiger partial charge in [-0.1, -0.05) is 182 Å². The molecule has 0 unspecified atom stereocenters. The lowest BCUT2D eigenvalue weighted by atomic mass is 9.82. The molecule has 0 radical (unpaired) electrons. The summed E-state index contributed by atoms with van der Waals surface area (Å²) in [7, 11) is 0. The molecule has 0 atom stereocenters. The molecule has 1 heterocycles. The van der Waals surface area contributed by atoms with Crippen LogP contribution in [0.15, 0.2) is 199 Å². The van der Waals surface area contributed by atoms with Gasteiger partial charge in [-0.2, -0.15) is 0 Å². The van der Waals surface area contributed by atoms with Crippen LogP contribution >= 0.6 is 0 Å². The third-order valence-corrected chi connectivity index (χ3v) is 11.1. The monoisotopic (exact) mass is 672 g/mol. The number of benzene rings is 10. The highest BCUT2D eigenvalue weighted by Crippen LogP contribution is 2.49. The van der Waals surface area contributed by atoms with Crippen molar-refractivity contribution in [2.75, 3.05) is 0 Å². The molecule has 11 aromatic rings. The average molecular weight is 673 g/mol. The molecular formula is C52H32O. The van der Waals surface area contributed by atoms with E-state index in [1.165, 1.54) is 76.5 Å². The van der Waals surface area contributed by atoms with E-state index in [-0.39, 0.29) is 0 Å². The Balaban J connectivity index is 1.23. The molecule has 246 valence electrons. The first-order chi connectivity index (χ1) is 26.3. The molecule has 0 saturated heterocycles. The Bertz CT molecular complexity index is 3160. The zero-order valence-corrected chi connectivity index (χ0v) is 28.9. The van der Waals surface area contributed by atoms with Crippen molar-refractivity contribution >= 4 is 65.0 Å². The van der Waals surface area contributed by atoms with Gasteiger partial charge in [-0.05, 0) is 94.2 Å². The first kappa shape index (κ1) is 29.7. The minimum Gasteiger partial charge on any atom is -0.455 e. The lowest BCUT2D eigenvalue weighted by Gasteiger charge is -2.21. The van der Waals surface area contributed by atoms with Crippen molar-refractivity contribution in [2.24, 2.45) is 0 Å². The molecule has 53 heavy (non-hydrogen) atoms. The lowest BCUT2D eigenvalue weighted by molar-refractivity contribution is 0.670. The van der Waals surface area contributed by atoms with Gasteiger partial charge in [0, 0.05) is 16.3 Å². The maximum Gasteiger partial charge on any atom is 0.143 e. The lowest BCUT2D eigenvalue weighted by Crippen LogP contribution is -1.93. The summed E-state index contributed by atoms with van der Waals surface area (Å²) in [6, 6.07) is 70.4. The van der Waals surface area contributed by atoms with Gasteiger partial charge >= 0.3 is 0 Å². The van der Waals surface area contributed by atoms with Crippen molar-refractivity contribution < 1.29 is 4.42 Å². The van der Waals surface area contributed by atoms with Crippen molar-refractivity contribution in [3.8, 4) is 44.5 Å². The Morgan fingerprint density at radius 2 is 0.774 bits per heavy atom. The largest absolute Gasteiger partial charge is 0.455 e. The zero-order chi connectivity index (χ0) is 34.9. The summed E-state index contributed by atoms with van der Waals surface area (Å²) in [5, 5.41) is 12.2. The fourth-order valence-electron chi connectivity index (χ4n) is 8.82. The van der Waals surface area contributed by atoms with Gasteiger partial charge in [-0.15, -0.1) is 0 Å². The van der Waals surface area contributed by atoms with E-state index in [0.29, 0.717) is 0 Å². The van der Waals surface area contributed by atoms with Crippen LogP contribution in [-0.4, -0.2) is 0 Å². The molecule has 0 bridgehead atoms. The Morgan fingerprint density at radius 3 is 1.49 bits per heavy atom. The topological polar surface area (TPSA) is 13.1 Å². The second-order valence-corrected chi connectivity index (χ2v) is 13.9. The van der Waals surface area contributed by atoms with Gasteiger partial charge < -0.3 is 4.42 Å². The molecule has 0 aliphatic carbocycles. The van der Waals surface area contributed by atoms with E-state index in [1.807, 2.05) is 0 Å². The van der Waals surface area contributed by atoms with Crippen LogP contribution in [0.1, 0.15) is 0 Å². The van der Waals surface area contributed by atoms with Crippen molar-refractivity contribution in [3.05, 3.63) is 194 Å². The molecule has 11 rings (SSSR count). The minimum absolute atomic E-state index is 0.895. The predicted molar refractivity (Wildman–Crippen MR) is 225 cm³/mol. The first-order valence-electron chi connectivity index (χ1n) is 18.3. The molecule has 0 N–H and O–H groups in total. The van der Waals surface area contributed by atoms with E-state index in [4.69, 9.17) is 4.42 Å². The SMILES string of the molecule is c1ccc(-c2cccc3c2oc2cccc(-c4c5ccccc5c(-c5ccccc5-c5cc6ccccc6c6ccccc56)c5ccccc45)c23)cc1. The Morgan fingerprint density at radius 1 is 0.283 bits per heavy atom. The van der Waals surface area contributed by atoms with Crippen LogP contribution < -0.4 is 0 Å². The smallest absolute Gasteiger partial charge is 0.143 e. The van der Waals surface area contributed by atoms with Gasteiger partial charge in [0.25, 0.3) is 0 Å². The third kappa shape index (κ3) is 4.51. The fraction of sp³-hybridized carbons (Fsp3) is 0. The summed E-state index contributed by atoms with van der Waals surface area (Å²) < 4.78 is 6.75. The highest BCUT2D eigenvalue weighted by Gasteiger charge is 2.23. The molecule has 0 aliphatic heterocycles. The molecule has 10 aromatic carbocycles. The molecular weight excluding hydrogens is 641 g/mol. The summed E-state index contributed by atoms with van der Waals surface area (Å²) in [6.07, 6.45) is 0. The number of hydrogen-bond acceptors (Lipinski definition) is 1. The molecule has 0 saturated carbocycles. The number of hydrogen-bond donors (Lipinski definition) is 0. The molecule has 1 heteroatoms. The Labute approximate surface area is 307 Å². The van der Waals surface area contributed by atoms with E-state index >= 15 is 0 Å². The van der Waals surface area contributed by atoms with Crippen LogP contribution in [0, 0.1) is 0 Å². The van der Waals surface area contributed by atoms with Crippen LogP contribution in [0.3, 0.4) is 0 Å². The van der Waals surface area contributed by atoms with Crippen LogP contribution in [0.2, 0.25) is 0 Å². The normalized spacial score (nSPS) is 11.8. The maximum atomic E-state index is 6.75. The van der Waals surface area contributed by atoms with Crippen LogP contribution in [-0.2, 0) is 0 Å². The molecule has 1 nitrogen and oxygen atoms in total. The van der Waals surface area contributed by atoms with Gasteiger partial charge in [0.2, 0.25) is 0 Å². The molecule has 0 aliphatic rings. The second kappa shape index (κ2) is 11.8. The van der Waals surface area contributed by atoms with Crippen LogP contribution in [0.5, 0.6) is 0 Å². The van der Waals surface area contributed by atoms with E-state index in [0.717, 1.165) is 33.1 Å². The Hall–Kier alpha value is -6.96. The van der Waals surface area contributed by atoms with Crippen molar-refractivity contribution in [2.45, 2.75) is 0 Å². The van der Waals surface area contributed by atoms with Crippen molar-refractivity contribution in [3.63, 3.8) is 0 Å². The molecule has 0 amide bonds. The summed E-state index contributed by atoms with van der Waals surface area (Å²) in [6.45, 7) is 0. The number of fused-ring (bicyclic) bond motifs is 8. The highest BCUT2D eigenvalue weighted by atomic mass is 16.3. The maximum absolute atomic E-state index is 6.75. The predicted octanol–water partition coefficient (Wildman–Crippen LogP) is 14.9. The summed E-state index contributed by atoms with van der Waals surface area (Å²) in [5.74, 6) is 0. The van der Waals surface area contributed by atoms with E-state index in [1.54, 1.807) is 0 Å². The summed E-state index contributed by atoms with van der Waals surface area (Å²) >= 11 is 0. The standard InChI is InChI=1S/C52H32O/c1-2-16-33(17-3-1)36-28-14-30-46-51-45(29-15-31-48(51)53-52(36)46)50-43-26-12-10-24-41(43)49(42-25-11-13-27-44(42)50)40-23-9-8-22-39(40)47-32-34-18-4-5-19-35(34)37-20-6-7-21-38(37)47/h1-32H. The summed E-state index contributed by atoms with van der Waals surface area (Å²) in [4.78, 5) is 0. The number of rotatable bonds is 4. The van der Waals surface area contributed by atoms with Gasteiger partial charge in [-0.25, -0.2) is 0 Å². The average Bonchev–Trinajstić information content (AvgIpc) is 3.62. The molecule has 1 aromatic heterocycles. The van der Waals surface area contributed by atoms with Gasteiger partial charge in [0.15, 0.2) is 0 Å². The van der Waals surface area contributed by atoms with Gasteiger partial charge in [-0.3, -0.25) is 0 Å². The minimum atomic E-state index is 0.895. The van der Waals surface area contributed by atoms with E-state index in [2.05, 4.69) is 194 Å². The van der Waals surface area contributed by atoms with Crippen LogP contribution in [0.4, 0.5) is 0 Å². The van der Waals surface area contributed by atoms with E-state index in [9.17, 15) is 0 Å². The fourth-order valence-corrected chi connectivity index (χ4v) is 8.82. The zero-order valence-electron chi connectivity index (χ0n) is 28.9. The van der Waals surface area contributed by atoms with Crippen molar-refractivity contribution in [1.82, 2.24) is 0 Å². The second-order valence-electron chi connectivity index (χ2n) is 13.9.